The summed E-state index contributed by atoms with van der Waals surface area (Å²) >= 11 is 0. The normalized spacial score (nSPS) is 11.4. The molecule has 0 aliphatic heterocycles. The third-order valence-corrected chi connectivity index (χ3v) is 9.15. The van der Waals surface area contributed by atoms with Crippen molar-refractivity contribution < 1.29 is 19.0 Å². The SMILES string of the molecule is COc1ccc(/C=C(\Cc2ccccc2-c2ccccc2P(c2ccccc2)c2ccccc2)C(=O)O)cc1F. The Labute approximate surface area is 235 Å². The van der Waals surface area contributed by atoms with E-state index in [1.807, 2.05) is 42.5 Å². The summed E-state index contributed by atoms with van der Waals surface area (Å²) in [5.41, 5.74) is 3.56. The zero-order valence-corrected chi connectivity index (χ0v) is 22.9. The lowest BCUT2D eigenvalue weighted by Gasteiger charge is -2.23. The van der Waals surface area contributed by atoms with Gasteiger partial charge in [0.25, 0.3) is 0 Å². The highest BCUT2D eigenvalue weighted by Crippen LogP contribution is 2.38. The summed E-state index contributed by atoms with van der Waals surface area (Å²) in [6, 6.07) is 41.7. The summed E-state index contributed by atoms with van der Waals surface area (Å²) in [6.07, 6.45) is 1.70. The fourth-order valence-electron chi connectivity index (χ4n) is 4.78. The number of carbonyl (C=O) groups is 1. The third-order valence-electron chi connectivity index (χ3n) is 6.65. The highest BCUT2D eigenvalue weighted by Gasteiger charge is 2.21. The molecule has 5 rings (SSSR count). The zero-order chi connectivity index (χ0) is 27.9. The minimum atomic E-state index is -1.05. The Morgan fingerprint density at radius 2 is 1.35 bits per heavy atom. The number of methoxy groups -OCH3 is 1. The molecule has 0 saturated heterocycles. The molecule has 0 spiro atoms. The second-order valence-corrected chi connectivity index (χ2v) is 11.4. The number of benzene rings is 5. The van der Waals surface area contributed by atoms with Gasteiger partial charge in [0.2, 0.25) is 0 Å². The summed E-state index contributed by atoms with van der Waals surface area (Å²) in [5.74, 6) is -1.47. The van der Waals surface area contributed by atoms with Crippen molar-refractivity contribution in [2.45, 2.75) is 6.42 Å². The number of aliphatic carboxylic acids is 1. The molecule has 0 aliphatic rings. The predicted octanol–water partition coefficient (Wildman–Crippen LogP) is 6.97. The standard InChI is InChI=1S/C35H28FO3P/c1-39-33-21-20-25(23-32(33)36)22-27(35(37)38)24-26-12-8-9-17-30(26)31-18-10-11-19-34(31)40(28-13-4-2-5-14-28)29-15-6-3-7-16-29/h2-23H,24H2,1H3,(H,37,38)/b27-22+. The lowest BCUT2D eigenvalue weighted by Crippen LogP contribution is -2.22. The first kappa shape index (κ1) is 27.1. The van der Waals surface area contributed by atoms with Crippen molar-refractivity contribution in [1.82, 2.24) is 0 Å². The van der Waals surface area contributed by atoms with Crippen LogP contribution in [-0.2, 0) is 11.2 Å². The number of carboxylic acids is 1. The summed E-state index contributed by atoms with van der Waals surface area (Å²) in [6.45, 7) is 0. The first-order chi connectivity index (χ1) is 19.5. The van der Waals surface area contributed by atoms with Crippen LogP contribution in [0.1, 0.15) is 11.1 Å². The quantitative estimate of drug-likeness (QED) is 0.160. The summed E-state index contributed by atoms with van der Waals surface area (Å²) < 4.78 is 19.3. The zero-order valence-electron chi connectivity index (χ0n) is 22.0. The van der Waals surface area contributed by atoms with Gasteiger partial charge in [-0.05, 0) is 64.3 Å². The maximum atomic E-state index is 14.3. The maximum Gasteiger partial charge on any atom is 0.331 e. The monoisotopic (exact) mass is 546 g/mol. The summed E-state index contributed by atoms with van der Waals surface area (Å²) in [4.78, 5) is 12.3. The van der Waals surface area contributed by atoms with Crippen molar-refractivity contribution in [2.24, 2.45) is 0 Å². The molecule has 198 valence electrons. The fraction of sp³-hybridized carbons (Fsp3) is 0.0571. The molecule has 0 heterocycles. The van der Waals surface area contributed by atoms with E-state index in [9.17, 15) is 14.3 Å². The maximum absolute atomic E-state index is 14.3. The van der Waals surface area contributed by atoms with Gasteiger partial charge < -0.3 is 9.84 Å². The first-order valence-electron chi connectivity index (χ1n) is 12.9. The van der Waals surface area contributed by atoms with Gasteiger partial charge in [0.1, 0.15) is 0 Å². The molecule has 0 atom stereocenters. The van der Waals surface area contributed by atoms with Gasteiger partial charge >= 0.3 is 5.97 Å². The number of ether oxygens (including phenoxy) is 1. The number of halogens is 1. The molecule has 5 aromatic carbocycles. The van der Waals surface area contributed by atoms with Crippen LogP contribution in [0, 0.1) is 5.82 Å². The van der Waals surface area contributed by atoms with Crippen molar-refractivity contribution in [1.29, 1.82) is 0 Å². The van der Waals surface area contributed by atoms with E-state index in [2.05, 4.69) is 66.7 Å². The van der Waals surface area contributed by atoms with Crippen LogP contribution >= 0.6 is 7.92 Å². The molecular formula is C35H28FO3P. The Kier molecular flexibility index (Phi) is 8.49. The van der Waals surface area contributed by atoms with Crippen LogP contribution in [0.15, 0.2) is 133 Å². The van der Waals surface area contributed by atoms with E-state index in [0.29, 0.717) is 5.56 Å². The van der Waals surface area contributed by atoms with Gasteiger partial charge in [-0.1, -0.05) is 115 Å². The Hall–Kier alpha value is -4.53. The van der Waals surface area contributed by atoms with E-state index in [0.717, 1.165) is 16.7 Å². The van der Waals surface area contributed by atoms with Crippen LogP contribution < -0.4 is 20.7 Å². The second kappa shape index (κ2) is 12.5. The summed E-state index contributed by atoms with van der Waals surface area (Å²) in [7, 11) is 0.527. The van der Waals surface area contributed by atoms with E-state index >= 15 is 0 Å². The van der Waals surface area contributed by atoms with Crippen LogP contribution in [0.3, 0.4) is 0 Å². The van der Waals surface area contributed by atoms with Gasteiger partial charge in [-0.3, -0.25) is 0 Å². The summed E-state index contributed by atoms with van der Waals surface area (Å²) in [5, 5.41) is 13.8. The smallest absolute Gasteiger partial charge is 0.331 e. The molecule has 0 unspecified atom stereocenters. The van der Waals surface area contributed by atoms with E-state index in [1.54, 1.807) is 6.07 Å². The van der Waals surface area contributed by atoms with E-state index < -0.39 is 19.7 Å². The van der Waals surface area contributed by atoms with Gasteiger partial charge in [-0.25, -0.2) is 9.18 Å². The van der Waals surface area contributed by atoms with Gasteiger partial charge in [-0.2, -0.15) is 0 Å². The molecule has 3 nitrogen and oxygen atoms in total. The van der Waals surface area contributed by atoms with Crippen LogP contribution in [0.5, 0.6) is 5.75 Å². The lowest BCUT2D eigenvalue weighted by molar-refractivity contribution is -0.132. The molecule has 0 aromatic heterocycles. The van der Waals surface area contributed by atoms with Crippen LogP contribution in [0.4, 0.5) is 4.39 Å². The minimum absolute atomic E-state index is 0.115. The molecule has 0 saturated carbocycles. The Morgan fingerprint density at radius 1 is 0.775 bits per heavy atom. The molecule has 1 N–H and O–H groups in total. The number of hydrogen-bond donors (Lipinski definition) is 1. The highest BCUT2D eigenvalue weighted by molar-refractivity contribution is 7.80. The molecular weight excluding hydrogens is 518 g/mol. The second-order valence-electron chi connectivity index (χ2n) is 9.23. The average Bonchev–Trinajstić information content (AvgIpc) is 2.99. The molecule has 5 heteroatoms. The number of carboxylic acid groups (broad SMARTS) is 1. The molecule has 0 radical (unpaired) electrons. The van der Waals surface area contributed by atoms with E-state index in [4.69, 9.17) is 4.74 Å². The van der Waals surface area contributed by atoms with Crippen molar-refractivity contribution in [2.75, 3.05) is 7.11 Å². The lowest BCUT2D eigenvalue weighted by atomic mass is 9.94. The van der Waals surface area contributed by atoms with Crippen molar-refractivity contribution in [3.05, 3.63) is 150 Å². The van der Waals surface area contributed by atoms with Crippen LogP contribution in [-0.4, -0.2) is 18.2 Å². The Bertz CT molecular complexity index is 1610. The third kappa shape index (κ3) is 6.03. The van der Waals surface area contributed by atoms with Crippen LogP contribution in [0.2, 0.25) is 0 Å². The number of rotatable bonds is 9. The minimum Gasteiger partial charge on any atom is -0.494 e. The largest absolute Gasteiger partial charge is 0.494 e. The van der Waals surface area contributed by atoms with Crippen molar-refractivity contribution >= 4 is 35.9 Å². The molecule has 40 heavy (non-hydrogen) atoms. The van der Waals surface area contributed by atoms with Gasteiger partial charge in [-0.15, -0.1) is 0 Å². The Balaban J connectivity index is 1.60. The molecule has 0 amide bonds. The van der Waals surface area contributed by atoms with Crippen LogP contribution in [0.25, 0.3) is 17.2 Å². The average molecular weight is 547 g/mol. The van der Waals surface area contributed by atoms with Gasteiger partial charge in [0.15, 0.2) is 11.6 Å². The Morgan fingerprint density at radius 3 is 1.95 bits per heavy atom. The molecule has 0 aliphatic carbocycles. The molecule has 0 fully saturated rings. The highest BCUT2D eigenvalue weighted by atomic mass is 31.1. The topological polar surface area (TPSA) is 46.5 Å². The van der Waals surface area contributed by atoms with E-state index in [-0.39, 0.29) is 17.7 Å². The molecule has 5 aromatic rings. The fourth-order valence-corrected chi connectivity index (χ4v) is 7.25. The van der Waals surface area contributed by atoms with Gasteiger partial charge in [0.05, 0.1) is 7.11 Å². The van der Waals surface area contributed by atoms with Gasteiger partial charge in [0, 0.05) is 12.0 Å². The number of hydrogen-bond acceptors (Lipinski definition) is 2. The molecule has 0 bridgehead atoms. The first-order valence-corrected chi connectivity index (χ1v) is 14.2. The van der Waals surface area contributed by atoms with E-state index in [1.165, 1.54) is 41.2 Å². The van der Waals surface area contributed by atoms with Crippen molar-refractivity contribution in [3.63, 3.8) is 0 Å². The predicted molar refractivity (Wildman–Crippen MR) is 163 cm³/mol. The van der Waals surface area contributed by atoms with Crippen molar-refractivity contribution in [3.8, 4) is 16.9 Å².